The zero-order chi connectivity index (χ0) is 12.3. The predicted octanol–water partition coefficient (Wildman–Crippen LogP) is 2.48. The summed E-state index contributed by atoms with van der Waals surface area (Å²) in [5.41, 5.74) is -0.876. The van der Waals surface area contributed by atoms with Crippen molar-refractivity contribution in [2.75, 3.05) is 7.11 Å². The van der Waals surface area contributed by atoms with Crippen molar-refractivity contribution in [2.24, 2.45) is 0 Å². The number of esters is 1. The highest BCUT2D eigenvalue weighted by molar-refractivity contribution is 14.1. The van der Waals surface area contributed by atoms with E-state index in [0.717, 1.165) is 0 Å². The van der Waals surface area contributed by atoms with E-state index in [1.54, 1.807) is 22.6 Å². The first-order valence-electron chi connectivity index (χ1n) is 4.15. The summed E-state index contributed by atoms with van der Waals surface area (Å²) >= 11 is 1.57. The Hall–Kier alpha value is -0.860. The van der Waals surface area contributed by atoms with Gasteiger partial charge in [-0.05, 0) is 28.7 Å². The molecule has 16 heavy (non-hydrogen) atoms. The number of hydrogen-bond donors (Lipinski definition) is 0. The monoisotopic (exact) mass is 345 g/mol. The van der Waals surface area contributed by atoms with Crippen LogP contribution in [0.1, 0.15) is 17.8 Å². The molecule has 0 aliphatic heterocycles. The summed E-state index contributed by atoms with van der Waals surface area (Å²) in [6, 6.07) is 1.23. The molecule has 0 bridgehead atoms. The lowest BCUT2D eigenvalue weighted by Gasteiger charge is -2.06. The first-order chi connectivity index (χ1) is 7.45. The van der Waals surface area contributed by atoms with Gasteiger partial charge in [0.1, 0.15) is 5.69 Å². The van der Waals surface area contributed by atoms with Gasteiger partial charge in [0.2, 0.25) is 0 Å². The average Bonchev–Trinajstić information content (AvgIpc) is 2.22. The summed E-state index contributed by atoms with van der Waals surface area (Å²) in [5, 5.41) is 0. The van der Waals surface area contributed by atoms with Crippen molar-refractivity contribution in [2.45, 2.75) is 12.8 Å². The highest BCUT2D eigenvalue weighted by Gasteiger charge is 2.20. The summed E-state index contributed by atoms with van der Waals surface area (Å²) in [6.07, 6.45) is -3.27. The van der Waals surface area contributed by atoms with E-state index in [1.807, 2.05) is 0 Å². The first kappa shape index (κ1) is 13.2. The molecule has 0 aromatic carbocycles. The van der Waals surface area contributed by atoms with Crippen molar-refractivity contribution in [3.63, 3.8) is 0 Å². The molecule has 0 amide bonds. The third kappa shape index (κ3) is 3.06. The molecule has 1 rings (SSSR count). The van der Waals surface area contributed by atoms with E-state index in [4.69, 9.17) is 0 Å². The van der Waals surface area contributed by atoms with Crippen LogP contribution in [0.15, 0.2) is 6.07 Å². The number of aromatic nitrogens is 1. The number of methoxy groups -OCH3 is 1. The summed E-state index contributed by atoms with van der Waals surface area (Å²) < 4.78 is 42.3. The third-order valence-corrected chi connectivity index (χ3v) is 2.54. The molecular weight excluding hydrogens is 338 g/mol. The Balaban J connectivity index is 3.09. The number of nitrogens with zero attached hydrogens (tertiary/aromatic N) is 1. The van der Waals surface area contributed by atoms with Gasteiger partial charge in [-0.1, -0.05) is 0 Å². The standard InChI is InChI=1S/C9H7F3INO2/c1-16-6(15)3-4-2-5(13)7(10)8(14-4)9(11)12/h2,9H,3H2,1H3. The van der Waals surface area contributed by atoms with Crippen LogP contribution in [0.5, 0.6) is 0 Å². The predicted molar refractivity (Wildman–Crippen MR) is 57.6 cm³/mol. The molecule has 0 unspecified atom stereocenters. The van der Waals surface area contributed by atoms with Crippen LogP contribution in [0.4, 0.5) is 13.2 Å². The summed E-state index contributed by atoms with van der Waals surface area (Å²) in [5.74, 6) is -1.67. The van der Waals surface area contributed by atoms with Crippen LogP contribution in [0.2, 0.25) is 0 Å². The van der Waals surface area contributed by atoms with Gasteiger partial charge in [0.05, 0.1) is 22.8 Å². The zero-order valence-electron chi connectivity index (χ0n) is 8.14. The second-order valence-corrected chi connectivity index (χ2v) is 4.01. The fourth-order valence-corrected chi connectivity index (χ4v) is 1.66. The summed E-state index contributed by atoms with van der Waals surface area (Å²) in [7, 11) is 1.17. The summed E-state index contributed by atoms with van der Waals surface area (Å²) in [6.45, 7) is 0. The Kier molecular flexibility index (Phi) is 4.51. The van der Waals surface area contributed by atoms with Crippen LogP contribution in [0, 0.1) is 9.39 Å². The second-order valence-electron chi connectivity index (χ2n) is 2.85. The second kappa shape index (κ2) is 5.46. The quantitative estimate of drug-likeness (QED) is 0.624. The Bertz CT molecular complexity index is 412. The van der Waals surface area contributed by atoms with Gasteiger partial charge < -0.3 is 4.74 Å². The van der Waals surface area contributed by atoms with Gasteiger partial charge in [-0.25, -0.2) is 18.2 Å². The molecule has 7 heteroatoms. The minimum atomic E-state index is -3.01. The number of alkyl halides is 2. The summed E-state index contributed by atoms with van der Waals surface area (Å²) in [4.78, 5) is 14.3. The lowest BCUT2D eigenvalue weighted by molar-refractivity contribution is -0.139. The first-order valence-corrected chi connectivity index (χ1v) is 5.23. The normalized spacial score (nSPS) is 10.6. The zero-order valence-corrected chi connectivity index (χ0v) is 10.3. The van der Waals surface area contributed by atoms with Crippen LogP contribution in [0.3, 0.4) is 0 Å². The number of carbonyl (C=O) groups excluding carboxylic acids is 1. The molecule has 0 fully saturated rings. The lowest BCUT2D eigenvalue weighted by Crippen LogP contribution is -2.09. The number of carbonyl (C=O) groups is 1. The maximum absolute atomic E-state index is 13.2. The van der Waals surface area contributed by atoms with Gasteiger partial charge in [0.25, 0.3) is 6.43 Å². The molecule has 88 valence electrons. The highest BCUT2D eigenvalue weighted by atomic mass is 127. The van der Waals surface area contributed by atoms with E-state index in [9.17, 15) is 18.0 Å². The maximum Gasteiger partial charge on any atom is 0.311 e. The van der Waals surface area contributed by atoms with Crippen LogP contribution in [0.25, 0.3) is 0 Å². The van der Waals surface area contributed by atoms with Crippen LogP contribution < -0.4 is 0 Å². The Labute approximate surface area is 103 Å². The van der Waals surface area contributed by atoms with Crippen LogP contribution in [-0.2, 0) is 16.0 Å². The molecule has 0 N–H and O–H groups in total. The minimum absolute atomic E-state index is 0.00167. The Morgan fingerprint density at radius 2 is 2.25 bits per heavy atom. The van der Waals surface area contributed by atoms with Crippen molar-refractivity contribution in [1.29, 1.82) is 0 Å². The van der Waals surface area contributed by atoms with E-state index in [2.05, 4.69) is 9.72 Å². The molecule has 0 atom stereocenters. The molecule has 0 saturated carbocycles. The maximum atomic E-state index is 13.2. The minimum Gasteiger partial charge on any atom is -0.469 e. The van der Waals surface area contributed by atoms with E-state index in [-0.39, 0.29) is 15.7 Å². The van der Waals surface area contributed by atoms with Crippen molar-refractivity contribution in [1.82, 2.24) is 4.98 Å². The number of hydrogen-bond acceptors (Lipinski definition) is 3. The average molecular weight is 345 g/mol. The number of rotatable bonds is 3. The number of pyridine rings is 1. The van der Waals surface area contributed by atoms with E-state index >= 15 is 0 Å². The smallest absolute Gasteiger partial charge is 0.311 e. The van der Waals surface area contributed by atoms with E-state index in [1.165, 1.54) is 13.2 Å². The van der Waals surface area contributed by atoms with Crippen molar-refractivity contribution >= 4 is 28.6 Å². The molecule has 3 nitrogen and oxygen atoms in total. The van der Waals surface area contributed by atoms with Crippen molar-refractivity contribution in [3.8, 4) is 0 Å². The molecule has 1 aromatic rings. The SMILES string of the molecule is COC(=O)Cc1cc(I)c(F)c(C(F)F)n1. The fourth-order valence-electron chi connectivity index (χ4n) is 1.02. The molecule has 1 aromatic heterocycles. The highest BCUT2D eigenvalue weighted by Crippen LogP contribution is 2.24. The van der Waals surface area contributed by atoms with Gasteiger partial charge >= 0.3 is 5.97 Å². The van der Waals surface area contributed by atoms with Gasteiger partial charge in [-0.3, -0.25) is 4.79 Å². The molecular formula is C9H7F3INO2. The van der Waals surface area contributed by atoms with Crippen LogP contribution in [-0.4, -0.2) is 18.1 Å². The van der Waals surface area contributed by atoms with Gasteiger partial charge in [0, 0.05) is 0 Å². The fraction of sp³-hybridized carbons (Fsp3) is 0.333. The number of halogens is 4. The van der Waals surface area contributed by atoms with Gasteiger partial charge in [-0.2, -0.15) is 0 Å². The lowest BCUT2D eigenvalue weighted by atomic mass is 10.2. The largest absolute Gasteiger partial charge is 0.469 e. The molecule has 0 aliphatic carbocycles. The van der Waals surface area contributed by atoms with E-state index in [0.29, 0.717) is 0 Å². The molecule has 0 aliphatic rings. The van der Waals surface area contributed by atoms with Crippen molar-refractivity contribution in [3.05, 3.63) is 26.8 Å². The molecule has 0 radical (unpaired) electrons. The van der Waals surface area contributed by atoms with Crippen LogP contribution >= 0.6 is 22.6 Å². The third-order valence-electron chi connectivity index (χ3n) is 1.75. The molecule has 1 heterocycles. The van der Waals surface area contributed by atoms with Gasteiger partial charge in [-0.15, -0.1) is 0 Å². The Morgan fingerprint density at radius 1 is 1.62 bits per heavy atom. The van der Waals surface area contributed by atoms with E-state index < -0.39 is 23.9 Å². The molecule has 0 spiro atoms. The Morgan fingerprint density at radius 3 is 2.75 bits per heavy atom. The van der Waals surface area contributed by atoms with Crippen molar-refractivity contribution < 1.29 is 22.7 Å². The topological polar surface area (TPSA) is 39.2 Å². The molecule has 0 saturated heterocycles. The van der Waals surface area contributed by atoms with Gasteiger partial charge in [0.15, 0.2) is 5.82 Å². The number of ether oxygens (including phenoxy) is 1.